The Kier molecular flexibility index (Phi) is 6.14. The molecule has 0 radical (unpaired) electrons. The monoisotopic (exact) mass is 379 g/mol. The fourth-order valence-electron chi connectivity index (χ4n) is 3.03. The van der Waals surface area contributed by atoms with Gasteiger partial charge in [0.15, 0.2) is 17.1 Å². The number of nitrogens with one attached hydrogen (secondary N) is 1. The van der Waals surface area contributed by atoms with E-state index in [1.165, 1.54) is 0 Å². The summed E-state index contributed by atoms with van der Waals surface area (Å²) in [5.41, 5.74) is 2.41. The second-order valence-electron chi connectivity index (χ2n) is 6.83. The summed E-state index contributed by atoms with van der Waals surface area (Å²) in [6.07, 6.45) is 0.317. The van der Waals surface area contributed by atoms with Crippen molar-refractivity contribution in [1.82, 2.24) is 5.32 Å². The van der Waals surface area contributed by atoms with Crippen LogP contribution in [0.15, 0.2) is 52.9 Å². The smallest absolute Gasteiger partial charge is 0.221 e. The molecule has 3 rings (SSSR count). The number of rotatable bonds is 8. The number of para-hydroxylation sites is 1. The second-order valence-corrected chi connectivity index (χ2v) is 6.83. The molecule has 5 heteroatoms. The van der Waals surface area contributed by atoms with Gasteiger partial charge in [-0.2, -0.15) is 0 Å². The molecule has 0 saturated heterocycles. The third-order valence-electron chi connectivity index (χ3n) is 4.58. The van der Waals surface area contributed by atoms with Crippen molar-refractivity contribution in [2.75, 3.05) is 6.61 Å². The fourth-order valence-corrected chi connectivity index (χ4v) is 3.03. The molecule has 2 aromatic carbocycles. The number of amides is 1. The van der Waals surface area contributed by atoms with E-state index in [4.69, 9.17) is 9.15 Å². The van der Waals surface area contributed by atoms with E-state index in [1.807, 2.05) is 57.2 Å². The highest BCUT2D eigenvalue weighted by Crippen LogP contribution is 2.31. The van der Waals surface area contributed by atoms with Crippen molar-refractivity contribution < 1.29 is 18.7 Å². The molecule has 0 aliphatic carbocycles. The van der Waals surface area contributed by atoms with Crippen LogP contribution in [-0.2, 0) is 4.79 Å². The predicted octanol–water partition coefficient (Wildman–Crippen LogP) is 4.98. The minimum absolute atomic E-state index is 0.0344. The summed E-state index contributed by atoms with van der Waals surface area (Å²) in [5, 5.41) is 3.83. The number of aryl methyl sites for hydroxylation is 1. The molecule has 1 heterocycles. The molecule has 146 valence electrons. The van der Waals surface area contributed by atoms with Crippen LogP contribution in [0, 0.1) is 6.92 Å². The number of hydrogen-bond acceptors (Lipinski definition) is 4. The highest BCUT2D eigenvalue weighted by molar-refractivity contribution is 5.98. The molecule has 1 aromatic heterocycles. The number of fused-ring (bicyclic) bond motifs is 1. The van der Waals surface area contributed by atoms with Gasteiger partial charge in [-0.05, 0) is 32.9 Å². The molecule has 28 heavy (non-hydrogen) atoms. The number of ketones is 1. The van der Waals surface area contributed by atoms with Crippen LogP contribution in [0.25, 0.3) is 11.0 Å². The summed E-state index contributed by atoms with van der Waals surface area (Å²) in [4.78, 5) is 24.5. The van der Waals surface area contributed by atoms with Crippen LogP contribution in [0.3, 0.4) is 0 Å². The molecule has 0 spiro atoms. The van der Waals surface area contributed by atoms with Gasteiger partial charge in [-0.1, -0.05) is 42.0 Å². The van der Waals surface area contributed by atoms with E-state index in [2.05, 4.69) is 5.32 Å². The van der Waals surface area contributed by atoms with Crippen LogP contribution < -0.4 is 10.1 Å². The Bertz CT molecular complexity index is 972. The molecule has 1 amide bonds. The highest BCUT2D eigenvalue weighted by Gasteiger charge is 2.17. The summed E-state index contributed by atoms with van der Waals surface area (Å²) in [5.74, 6) is 1.13. The normalized spacial score (nSPS) is 12.0. The number of carbonyl (C=O) groups excluding carboxylic acids is 2. The summed E-state index contributed by atoms with van der Waals surface area (Å²) in [6, 6.07) is 14.7. The number of Topliss-reactive ketones (excluding diaryl/α,β-unsaturated/α-hetero) is 1. The van der Waals surface area contributed by atoms with E-state index in [0.29, 0.717) is 29.3 Å². The standard InChI is InChI=1S/C23H25NO4/c1-4-27-20-7-5-6-18-14-21(28-23(18)20)16(3)24-22(26)13-12-19(25)17-10-8-15(2)9-11-17/h5-11,14,16H,4,12-13H2,1-3H3,(H,24,26). The van der Waals surface area contributed by atoms with Gasteiger partial charge in [0.2, 0.25) is 5.91 Å². The van der Waals surface area contributed by atoms with Gasteiger partial charge in [0.05, 0.1) is 12.6 Å². The minimum atomic E-state index is -0.302. The lowest BCUT2D eigenvalue weighted by atomic mass is 10.0. The summed E-state index contributed by atoms with van der Waals surface area (Å²) >= 11 is 0. The maximum atomic E-state index is 12.3. The molecule has 0 saturated carbocycles. The maximum Gasteiger partial charge on any atom is 0.221 e. The van der Waals surface area contributed by atoms with Crippen LogP contribution in [0.2, 0.25) is 0 Å². The molecule has 0 fully saturated rings. The molecule has 0 bridgehead atoms. The van der Waals surface area contributed by atoms with E-state index >= 15 is 0 Å². The maximum absolute atomic E-state index is 12.3. The summed E-state index contributed by atoms with van der Waals surface area (Å²) in [7, 11) is 0. The molecule has 0 aliphatic heterocycles. The van der Waals surface area contributed by atoms with Crippen molar-refractivity contribution >= 4 is 22.7 Å². The number of carbonyl (C=O) groups is 2. The molecule has 1 unspecified atom stereocenters. The molecule has 1 atom stereocenters. The van der Waals surface area contributed by atoms with Crippen molar-refractivity contribution in [3.05, 3.63) is 65.4 Å². The van der Waals surface area contributed by atoms with E-state index in [0.717, 1.165) is 10.9 Å². The van der Waals surface area contributed by atoms with Gasteiger partial charge < -0.3 is 14.5 Å². The molecular formula is C23H25NO4. The molecule has 1 N–H and O–H groups in total. The van der Waals surface area contributed by atoms with Crippen molar-refractivity contribution in [3.8, 4) is 5.75 Å². The minimum Gasteiger partial charge on any atom is -0.490 e. The SMILES string of the molecule is CCOc1cccc2cc(C(C)NC(=O)CCC(=O)c3ccc(C)cc3)oc12. The quantitative estimate of drug-likeness (QED) is 0.561. The van der Waals surface area contributed by atoms with Gasteiger partial charge in [0, 0.05) is 23.8 Å². The van der Waals surface area contributed by atoms with Crippen LogP contribution in [-0.4, -0.2) is 18.3 Å². The van der Waals surface area contributed by atoms with Crippen LogP contribution in [0.5, 0.6) is 5.75 Å². The first-order chi connectivity index (χ1) is 13.5. The van der Waals surface area contributed by atoms with Crippen LogP contribution in [0.1, 0.15) is 54.4 Å². The lowest BCUT2D eigenvalue weighted by molar-refractivity contribution is -0.121. The van der Waals surface area contributed by atoms with E-state index in [9.17, 15) is 9.59 Å². The van der Waals surface area contributed by atoms with E-state index < -0.39 is 0 Å². The lowest BCUT2D eigenvalue weighted by Crippen LogP contribution is -2.26. The van der Waals surface area contributed by atoms with Gasteiger partial charge in [-0.25, -0.2) is 0 Å². The van der Waals surface area contributed by atoms with Gasteiger partial charge in [-0.15, -0.1) is 0 Å². The number of benzene rings is 2. The van der Waals surface area contributed by atoms with Gasteiger partial charge in [0.1, 0.15) is 5.76 Å². The Morgan fingerprint density at radius 2 is 1.86 bits per heavy atom. The third kappa shape index (κ3) is 4.60. The first kappa shape index (κ1) is 19.7. The topological polar surface area (TPSA) is 68.5 Å². The zero-order valence-corrected chi connectivity index (χ0v) is 16.5. The predicted molar refractivity (Wildman–Crippen MR) is 109 cm³/mol. The Morgan fingerprint density at radius 3 is 2.57 bits per heavy atom. The van der Waals surface area contributed by atoms with Gasteiger partial charge in [-0.3, -0.25) is 9.59 Å². The Labute approximate surface area is 164 Å². The first-order valence-corrected chi connectivity index (χ1v) is 9.52. The molecular weight excluding hydrogens is 354 g/mol. The third-order valence-corrected chi connectivity index (χ3v) is 4.58. The largest absolute Gasteiger partial charge is 0.490 e. The van der Waals surface area contributed by atoms with E-state index in [-0.39, 0.29) is 30.6 Å². The second kappa shape index (κ2) is 8.74. The van der Waals surface area contributed by atoms with Crippen molar-refractivity contribution in [1.29, 1.82) is 0 Å². The number of furan rings is 1. The zero-order valence-electron chi connectivity index (χ0n) is 16.5. The average molecular weight is 379 g/mol. The Hall–Kier alpha value is -3.08. The first-order valence-electron chi connectivity index (χ1n) is 9.52. The average Bonchev–Trinajstić information content (AvgIpc) is 3.12. The Morgan fingerprint density at radius 1 is 1.11 bits per heavy atom. The van der Waals surface area contributed by atoms with E-state index in [1.54, 1.807) is 12.1 Å². The Balaban J connectivity index is 1.59. The van der Waals surface area contributed by atoms with Crippen molar-refractivity contribution in [3.63, 3.8) is 0 Å². The summed E-state index contributed by atoms with van der Waals surface area (Å²) in [6.45, 7) is 6.30. The molecule has 0 aliphatic rings. The summed E-state index contributed by atoms with van der Waals surface area (Å²) < 4.78 is 11.5. The highest BCUT2D eigenvalue weighted by atomic mass is 16.5. The van der Waals surface area contributed by atoms with Gasteiger partial charge >= 0.3 is 0 Å². The fraction of sp³-hybridized carbons (Fsp3) is 0.304. The number of hydrogen-bond donors (Lipinski definition) is 1. The van der Waals surface area contributed by atoms with Crippen LogP contribution >= 0.6 is 0 Å². The van der Waals surface area contributed by atoms with Gasteiger partial charge in [0.25, 0.3) is 0 Å². The van der Waals surface area contributed by atoms with Crippen molar-refractivity contribution in [2.45, 2.75) is 39.7 Å². The molecule has 3 aromatic rings. The zero-order chi connectivity index (χ0) is 20.1. The molecule has 5 nitrogen and oxygen atoms in total. The number of ether oxygens (including phenoxy) is 1. The lowest BCUT2D eigenvalue weighted by Gasteiger charge is -2.11. The van der Waals surface area contributed by atoms with Crippen molar-refractivity contribution in [2.24, 2.45) is 0 Å². The van der Waals surface area contributed by atoms with Crippen LogP contribution in [0.4, 0.5) is 0 Å².